The van der Waals surface area contributed by atoms with Crippen molar-refractivity contribution in [3.05, 3.63) is 16.1 Å². The number of anilines is 1. The first kappa shape index (κ1) is 14.4. The summed E-state index contributed by atoms with van der Waals surface area (Å²) in [4.78, 5) is 4.29. The summed E-state index contributed by atoms with van der Waals surface area (Å²) < 4.78 is 5.71. The Balaban J connectivity index is 2.95. The summed E-state index contributed by atoms with van der Waals surface area (Å²) in [5.74, 6) is 1.42. The van der Waals surface area contributed by atoms with Crippen molar-refractivity contribution in [2.24, 2.45) is 5.92 Å². The Hall–Kier alpha value is -0.670. The number of rotatable bonds is 5. The standard InChI is InChI=1S/C12H18Cl2N2O/c1-5-15-11-9(13)6-10(14)12(16-11)17-8(4)7(2)3/h6-8H,5H2,1-4H3,(H,15,16). The van der Waals surface area contributed by atoms with Gasteiger partial charge in [-0.2, -0.15) is 4.98 Å². The molecule has 0 aliphatic heterocycles. The Labute approximate surface area is 112 Å². The maximum atomic E-state index is 6.05. The van der Waals surface area contributed by atoms with Crippen molar-refractivity contribution in [3.63, 3.8) is 0 Å². The van der Waals surface area contributed by atoms with Gasteiger partial charge in [-0.3, -0.25) is 0 Å². The molecule has 0 fully saturated rings. The highest BCUT2D eigenvalue weighted by Crippen LogP contribution is 2.31. The lowest BCUT2D eigenvalue weighted by Gasteiger charge is -2.19. The highest BCUT2D eigenvalue weighted by atomic mass is 35.5. The van der Waals surface area contributed by atoms with E-state index in [1.54, 1.807) is 6.07 Å². The molecule has 96 valence electrons. The monoisotopic (exact) mass is 276 g/mol. The molecule has 0 aromatic carbocycles. The van der Waals surface area contributed by atoms with E-state index in [1.165, 1.54) is 0 Å². The van der Waals surface area contributed by atoms with Gasteiger partial charge in [-0.05, 0) is 25.8 Å². The van der Waals surface area contributed by atoms with Crippen molar-refractivity contribution in [1.82, 2.24) is 4.98 Å². The second-order valence-corrected chi connectivity index (χ2v) is 5.02. The van der Waals surface area contributed by atoms with E-state index in [0.29, 0.717) is 27.7 Å². The molecular weight excluding hydrogens is 259 g/mol. The van der Waals surface area contributed by atoms with Crippen molar-refractivity contribution in [2.45, 2.75) is 33.8 Å². The van der Waals surface area contributed by atoms with Gasteiger partial charge in [0, 0.05) is 6.54 Å². The first-order valence-corrected chi connectivity index (χ1v) is 6.47. The summed E-state index contributed by atoms with van der Waals surface area (Å²) in [5, 5.41) is 4.00. The molecule has 0 saturated heterocycles. The normalized spacial score (nSPS) is 12.6. The van der Waals surface area contributed by atoms with Crippen molar-refractivity contribution >= 4 is 29.0 Å². The van der Waals surface area contributed by atoms with Crippen LogP contribution in [0.3, 0.4) is 0 Å². The fourth-order valence-corrected chi connectivity index (χ4v) is 1.61. The van der Waals surface area contributed by atoms with E-state index in [0.717, 1.165) is 6.54 Å². The quantitative estimate of drug-likeness (QED) is 0.873. The molecule has 1 aromatic rings. The molecule has 0 aliphatic carbocycles. The minimum absolute atomic E-state index is 0.0515. The average Bonchev–Trinajstić information content (AvgIpc) is 2.24. The van der Waals surface area contributed by atoms with Gasteiger partial charge in [-0.25, -0.2) is 0 Å². The van der Waals surface area contributed by atoms with E-state index in [-0.39, 0.29) is 6.10 Å². The highest BCUT2D eigenvalue weighted by Gasteiger charge is 2.15. The average molecular weight is 277 g/mol. The van der Waals surface area contributed by atoms with Crippen LogP contribution in [0.15, 0.2) is 6.07 Å². The molecule has 0 bridgehead atoms. The Morgan fingerprint density at radius 2 is 1.94 bits per heavy atom. The second-order valence-electron chi connectivity index (χ2n) is 4.20. The minimum atomic E-state index is 0.0515. The number of ether oxygens (including phenoxy) is 1. The maximum Gasteiger partial charge on any atom is 0.234 e. The van der Waals surface area contributed by atoms with Gasteiger partial charge in [0.25, 0.3) is 0 Å². The van der Waals surface area contributed by atoms with Crippen molar-refractivity contribution in [1.29, 1.82) is 0 Å². The predicted octanol–water partition coefficient (Wildman–Crippen LogP) is 4.24. The van der Waals surface area contributed by atoms with Gasteiger partial charge < -0.3 is 10.1 Å². The van der Waals surface area contributed by atoms with E-state index in [1.807, 2.05) is 13.8 Å². The molecule has 1 rings (SSSR count). The molecule has 0 saturated carbocycles. The van der Waals surface area contributed by atoms with E-state index >= 15 is 0 Å². The second kappa shape index (κ2) is 6.31. The lowest BCUT2D eigenvalue weighted by molar-refractivity contribution is 0.164. The zero-order chi connectivity index (χ0) is 13.0. The molecule has 1 atom stereocenters. The van der Waals surface area contributed by atoms with Crippen LogP contribution in [-0.2, 0) is 0 Å². The molecule has 0 amide bonds. The summed E-state index contributed by atoms with van der Waals surface area (Å²) in [6.07, 6.45) is 0.0515. The fraction of sp³-hybridized carbons (Fsp3) is 0.583. The number of pyridine rings is 1. The third-order valence-corrected chi connectivity index (χ3v) is 3.04. The Kier molecular flexibility index (Phi) is 5.34. The van der Waals surface area contributed by atoms with Crippen LogP contribution in [0.25, 0.3) is 0 Å². The summed E-state index contributed by atoms with van der Waals surface area (Å²) in [6, 6.07) is 1.65. The van der Waals surface area contributed by atoms with Gasteiger partial charge in [0.05, 0.1) is 11.1 Å². The number of halogens is 2. The topological polar surface area (TPSA) is 34.2 Å². The van der Waals surface area contributed by atoms with Crippen LogP contribution >= 0.6 is 23.2 Å². The van der Waals surface area contributed by atoms with Gasteiger partial charge in [0.2, 0.25) is 5.88 Å². The number of hydrogen-bond acceptors (Lipinski definition) is 3. The largest absolute Gasteiger partial charge is 0.473 e. The number of hydrogen-bond donors (Lipinski definition) is 1. The van der Waals surface area contributed by atoms with Gasteiger partial charge >= 0.3 is 0 Å². The summed E-state index contributed by atoms with van der Waals surface area (Å²) in [5.41, 5.74) is 0. The van der Waals surface area contributed by atoms with Gasteiger partial charge in [-0.1, -0.05) is 37.0 Å². The SMILES string of the molecule is CCNc1nc(OC(C)C(C)C)c(Cl)cc1Cl. The van der Waals surface area contributed by atoms with Crippen molar-refractivity contribution < 1.29 is 4.74 Å². The molecule has 1 aromatic heterocycles. The Morgan fingerprint density at radius 1 is 1.29 bits per heavy atom. The number of aromatic nitrogens is 1. The molecule has 0 spiro atoms. The van der Waals surface area contributed by atoms with Gasteiger partial charge in [0.1, 0.15) is 10.8 Å². The first-order valence-electron chi connectivity index (χ1n) is 5.72. The third kappa shape index (κ3) is 3.93. The van der Waals surface area contributed by atoms with E-state index in [2.05, 4.69) is 24.1 Å². The van der Waals surface area contributed by atoms with Crippen LogP contribution in [0.4, 0.5) is 5.82 Å². The lowest BCUT2D eigenvalue weighted by atomic mass is 10.1. The van der Waals surface area contributed by atoms with E-state index in [4.69, 9.17) is 27.9 Å². The zero-order valence-corrected chi connectivity index (χ0v) is 12.1. The summed E-state index contributed by atoms with van der Waals surface area (Å²) in [6.45, 7) is 8.88. The first-order chi connectivity index (χ1) is 7.95. The van der Waals surface area contributed by atoms with Gasteiger partial charge in [0.15, 0.2) is 0 Å². The van der Waals surface area contributed by atoms with Crippen LogP contribution in [0.2, 0.25) is 10.0 Å². The molecule has 0 radical (unpaired) electrons. The van der Waals surface area contributed by atoms with Crippen molar-refractivity contribution in [2.75, 3.05) is 11.9 Å². The molecule has 0 aliphatic rings. The number of nitrogens with zero attached hydrogens (tertiary/aromatic N) is 1. The third-order valence-electron chi connectivity index (χ3n) is 2.48. The Bertz CT molecular complexity index is 383. The molecule has 1 N–H and O–H groups in total. The molecule has 5 heteroatoms. The highest BCUT2D eigenvalue weighted by molar-refractivity contribution is 6.36. The molecule has 3 nitrogen and oxygen atoms in total. The zero-order valence-electron chi connectivity index (χ0n) is 10.6. The van der Waals surface area contributed by atoms with Crippen LogP contribution in [0, 0.1) is 5.92 Å². The van der Waals surface area contributed by atoms with Crippen LogP contribution in [0.1, 0.15) is 27.7 Å². The van der Waals surface area contributed by atoms with Crippen LogP contribution in [0.5, 0.6) is 5.88 Å². The fourth-order valence-electron chi connectivity index (χ4n) is 1.14. The van der Waals surface area contributed by atoms with E-state index in [9.17, 15) is 0 Å². The van der Waals surface area contributed by atoms with Crippen LogP contribution < -0.4 is 10.1 Å². The minimum Gasteiger partial charge on any atom is -0.473 e. The van der Waals surface area contributed by atoms with E-state index < -0.39 is 0 Å². The molecule has 1 heterocycles. The van der Waals surface area contributed by atoms with Gasteiger partial charge in [-0.15, -0.1) is 0 Å². The maximum absolute atomic E-state index is 6.05. The lowest BCUT2D eigenvalue weighted by Crippen LogP contribution is -2.19. The molecule has 1 unspecified atom stereocenters. The summed E-state index contributed by atoms with van der Waals surface area (Å²) in [7, 11) is 0. The summed E-state index contributed by atoms with van der Waals surface area (Å²) >= 11 is 12.1. The Morgan fingerprint density at radius 3 is 2.47 bits per heavy atom. The predicted molar refractivity (Wildman–Crippen MR) is 73.3 cm³/mol. The molecular formula is C12H18Cl2N2O. The smallest absolute Gasteiger partial charge is 0.234 e. The van der Waals surface area contributed by atoms with Crippen LogP contribution in [-0.4, -0.2) is 17.6 Å². The number of nitrogens with one attached hydrogen (secondary N) is 1. The molecule has 17 heavy (non-hydrogen) atoms. The van der Waals surface area contributed by atoms with Crippen molar-refractivity contribution in [3.8, 4) is 5.88 Å².